The van der Waals surface area contributed by atoms with Crippen LogP contribution in [0.3, 0.4) is 0 Å². The monoisotopic (exact) mass is 440 g/mol. The van der Waals surface area contributed by atoms with Crippen LogP contribution in [0, 0.1) is 11.8 Å². The van der Waals surface area contributed by atoms with Crippen molar-refractivity contribution in [3.63, 3.8) is 0 Å². The minimum atomic E-state index is -0.828. The van der Waals surface area contributed by atoms with Crippen LogP contribution in [0.1, 0.15) is 33.1 Å². The summed E-state index contributed by atoms with van der Waals surface area (Å²) in [6, 6.07) is 0. The predicted molar refractivity (Wildman–Crippen MR) is 119 cm³/mol. The summed E-state index contributed by atoms with van der Waals surface area (Å²) >= 11 is 7.73. The summed E-state index contributed by atoms with van der Waals surface area (Å²) in [6.45, 7) is 3.63. The lowest BCUT2D eigenvalue weighted by Gasteiger charge is -2.21. The van der Waals surface area contributed by atoms with Crippen LogP contribution in [0.5, 0.6) is 0 Å². The second-order valence-electron chi connectivity index (χ2n) is 6.37. The molecular weight excluding hydrogens is 408 g/mol. The van der Waals surface area contributed by atoms with Crippen LogP contribution in [0.2, 0.25) is 0 Å². The highest BCUT2D eigenvalue weighted by Gasteiger charge is 2.25. The van der Waals surface area contributed by atoms with E-state index in [0.29, 0.717) is 12.8 Å². The third-order valence-corrected chi connectivity index (χ3v) is 8.95. The van der Waals surface area contributed by atoms with E-state index >= 15 is 0 Å². The van der Waals surface area contributed by atoms with Gasteiger partial charge in [-0.25, -0.2) is 0 Å². The Morgan fingerprint density at radius 2 is 1.54 bits per heavy atom. The van der Waals surface area contributed by atoms with E-state index in [1.165, 1.54) is 17.9 Å². The predicted octanol–water partition coefficient (Wildman–Crippen LogP) is 4.37. The smallest absolute Gasteiger partial charge is 0.309 e. The van der Waals surface area contributed by atoms with Crippen LogP contribution in [0.4, 0.5) is 0 Å². The van der Waals surface area contributed by atoms with E-state index in [-0.39, 0.29) is 18.0 Å². The minimum absolute atomic E-state index is 0.0807. The molecule has 2 unspecified atom stereocenters. The molecule has 0 aromatic carbocycles. The molecule has 0 aliphatic carbocycles. The zero-order valence-corrected chi connectivity index (χ0v) is 19.1. The fourth-order valence-electron chi connectivity index (χ4n) is 2.49. The Hall–Kier alpha value is 0.340. The van der Waals surface area contributed by atoms with E-state index in [9.17, 15) is 14.7 Å². The molecule has 1 saturated heterocycles. The topological polar surface area (TPSA) is 63.6 Å². The van der Waals surface area contributed by atoms with Gasteiger partial charge < -0.3 is 9.84 Å². The van der Waals surface area contributed by atoms with Crippen molar-refractivity contribution in [2.75, 3.05) is 46.0 Å². The Balaban J connectivity index is 2.46. The third kappa shape index (κ3) is 11.2. The van der Waals surface area contributed by atoms with E-state index in [2.05, 4.69) is 0 Å². The van der Waals surface area contributed by atoms with Crippen LogP contribution >= 0.6 is 47.0 Å². The van der Waals surface area contributed by atoms with E-state index < -0.39 is 11.9 Å². The van der Waals surface area contributed by atoms with Gasteiger partial charge in [-0.05, 0) is 30.8 Å². The third-order valence-electron chi connectivity index (χ3n) is 4.09. The maximum absolute atomic E-state index is 12.4. The van der Waals surface area contributed by atoms with Gasteiger partial charge in [0.15, 0.2) is 0 Å². The molecule has 26 heavy (non-hydrogen) atoms. The van der Waals surface area contributed by atoms with Gasteiger partial charge in [0.1, 0.15) is 6.10 Å². The summed E-state index contributed by atoms with van der Waals surface area (Å²) in [7, 11) is 0. The largest absolute Gasteiger partial charge is 0.481 e. The fraction of sp³-hybridized carbons (Fsp3) is 0.889. The molecule has 0 radical (unpaired) electrons. The summed E-state index contributed by atoms with van der Waals surface area (Å²) in [4.78, 5) is 23.6. The second-order valence-corrected chi connectivity index (χ2v) is 11.1. The number of esters is 1. The standard InChI is InChI=1S/C18H32O4S4/c1-3-15(17(19)20)11-14(2)18(21)22-16-12-25-9-7-23-5-4-6-24-8-10-26-13-16/h14-16H,3-13H2,1-2H3,(H,19,20). The number of ether oxygens (including phenoxy) is 1. The highest BCUT2D eigenvalue weighted by Crippen LogP contribution is 2.21. The number of carbonyl (C=O) groups is 2. The van der Waals surface area contributed by atoms with Gasteiger partial charge in [-0.1, -0.05) is 13.8 Å². The second kappa shape index (κ2) is 15.3. The van der Waals surface area contributed by atoms with Crippen LogP contribution in [-0.2, 0) is 14.3 Å². The lowest BCUT2D eigenvalue weighted by molar-refractivity contribution is -0.153. The van der Waals surface area contributed by atoms with Crippen molar-refractivity contribution in [3.05, 3.63) is 0 Å². The van der Waals surface area contributed by atoms with Crippen molar-refractivity contribution in [3.8, 4) is 0 Å². The molecule has 0 aromatic heterocycles. The first-order valence-electron chi connectivity index (χ1n) is 9.28. The molecule has 1 rings (SSSR count). The summed E-state index contributed by atoms with van der Waals surface area (Å²) in [5.41, 5.74) is 0. The number of rotatable bonds is 6. The Bertz CT molecular complexity index is 395. The van der Waals surface area contributed by atoms with Gasteiger partial charge in [0, 0.05) is 34.5 Å². The molecule has 4 nitrogen and oxygen atoms in total. The normalized spacial score (nSPS) is 21.3. The number of hydrogen-bond acceptors (Lipinski definition) is 7. The summed E-state index contributed by atoms with van der Waals surface area (Å²) < 4.78 is 5.75. The molecule has 1 aliphatic rings. The lowest BCUT2D eigenvalue weighted by atomic mass is 9.94. The summed E-state index contributed by atoms with van der Waals surface area (Å²) in [6.07, 6.45) is 2.10. The number of hydrogen-bond donors (Lipinski definition) is 1. The average molecular weight is 441 g/mol. The molecule has 0 spiro atoms. The fourth-order valence-corrected chi connectivity index (χ4v) is 7.05. The highest BCUT2D eigenvalue weighted by molar-refractivity contribution is 8.04. The van der Waals surface area contributed by atoms with Crippen LogP contribution in [0.15, 0.2) is 0 Å². The van der Waals surface area contributed by atoms with Crippen molar-refractivity contribution in [2.24, 2.45) is 11.8 Å². The number of thioether (sulfide) groups is 4. The molecule has 1 fully saturated rings. The zero-order chi connectivity index (χ0) is 19.2. The van der Waals surface area contributed by atoms with Crippen molar-refractivity contribution < 1.29 is 19.4 Å². The molecular formula is C18H32O4S4. The molecule has 152 valence electrons. The van der Waals surface area contributed by atoms with Gasteiger partial charge in [-0.15, -0.1) is 0 Å². The maximum atomic E-state index is 12.4. The zero-order valence-electron chi connectivity index (χ0n) is 15.8. The lowest BCUT2D eigenvalue weighted by Crippen LogP contribution is -2.29. The Morgan fingerprint density at radius 1 is 1.00 bits per heavy atom. The molecule has 0 saturated carbocycles. The SMILES string of the molecule is CCC(CC(C)C(=O)OC1CSCCSCCCSCCSC1)C(=O)O. The van der Waals surface area contributed by atoms with Crippen molar-refractivity contribution in [1.82, 2.24) is 0 Å². The molecule has 1 heterocycles. The number of carboxylic acids is 1. The first-order chi connectivity index (χ1) is 12.5. The first kappa shape index (κ1) is 24.4. The van der Waals surface area contributed by atoms with Gasteiger partial charge in [-0.3, -0.25) is 9.59 Å². The van der Waals surface area contributed by atoms with Crippen molar-refractivity contribution in [1.29, 1.82) is 0 Å². The van der Waals surface area contributed by atoms with E-state index in [4.69, 9.17) is 4.74 Å². The van der Waals surface area contributed by atoms with Gasteiger partial charge in [0.25, 0.3) is 0 Å². The number of carboxylic acid groups (broad SMARTS) is 1. The van der Waals surface area contributed by atoms with Gasteiger partial charge in [0.05, 0.1) is 11.8 Å². The summed E-state index contributed by atoms with van der Waals surface area (Å²) in [5, 5.41) is 9.18. The molecule has 0 aromatic rings. The van der Waals surface area contributed by atoms with E-state index in [1.54, 1.807) is 6.92 Å². The van der Waals surface area contributed by atoms with Crippen LogP contribution in [0.25, 0.3) is 0 Å². The Morgan fingerprint density at radius 3 is 2.04 bits per heavy atom. The van der Waals surface area contributed by atoms with E-state index in [1.807, 2.05) is 54.0 Å². The quantitative estimate of drug-likeness (QED) is 0.611. The van der Waals surface area contributed by atoms with Gasteiger partial charge >= 0.3 is 11.9 Å². The maximum Gasteiger partial charge on any atom is 0.309 e. The van der Waals surface area contributed by atoms with Gasteiger partial charge in [-0.2, -0.15) is 47.0 Å². The molecule has 1 aliphatic heterocycles. The molecule has 0 amide bonds. The van der Waals surface area contributed by atoms with E-state index in [0.717, 1.165) is 34.5 Å². The Labute approximate surface area is 175 Å². The molecule has 1 N–H and O–H groups in total. The number of aliphatic carboxylic acids is 1. The number of carbonyl (C=O) groups excluding carboxylic acids is 1. The van der Waals surface area contributed by atoms with Crippen LogP contribution < -0.4 is 0 Å². The molecule has 8 heteroatoms. The molecule has 0 bridgehead atoms. The van der Waals surface area contributed by atoms with Gasteiger partial charge in [0.2, 0.25) is 0 Å². The van der Waals surface area contributed by atoms with Crippen molar-refractivity contribution >= 4 is 59.0 Å². The highest BCUT2D eigenvalue weighted by atomic mass is 32.2. The van der Waals surface area contributed by atoms with Crippen molar-refractivity contribution in [2.45, 2.75) is 39.2 Å². The first-order valence-corrected chi connectivity index (χ1v) is 13.9. The average Bonchev–Trinajstić information content (AvgIpc) is 2.62. The molecule has 2 atom stereocenters. The summed E-state index contributed by atoms with van der Waals surface area (Å²) in [5.74, 6) is 6.68. The van der Waals surface area contributed by atoms with Crippen LogP contribution in [-0.4, -0.2) is 69.2 Å². The Kier molecular flexibility index (Phi) is 14.3. The minimum Gasteiger partial charge on any atom is -0.481 e.